The first kappa shape index (κ1) is 16.1. The van der Waals surface area contributed by atoms with Crippen molar-refractivity contribution in [2.24, 2.45) is 0 Å². The summed E-state index contributed by atoms with van der Waals surface area (Å²) in [5.74, 6) is 0. The fourth-order valence-electron chi connectivity index (χ4n) is 2.41. The van der Waals surface area contributed by atoms with Gasteiger partial charge in [-0.1, -0.05) is 24.3 Å². The Morgan fingerprint density at radius 3 is 2.79 bits per heavy atom. The first-order valence-electron chi connectivity index (χ1n) is 7.44. The monoisotopic (exact) mass is 339 g/mol. The number of pyridine rings is 1. The van der Waals surface area contributed by atoms with Gasteiger partial charge in [-0.2, -0.15) is 0 Å². The highest BCUT2D eigenvalue weighted by molar-refractivity contribution is 7.84. The van der Waals surface area contributed by atoms with Crippen LogP contribution in [0, 0.1) is 0 Å². The van der Waals surface area contributed by atoms with Crippen LogP contribution in [-0.2, 0) is 17.3 Å². The van der Waals surface area contributed by atoms with Gasteiger partial charge in [0, 0.05) is 45.8 Å². The highest BCUT2D eigenvalue weighted by Crippen LogP contribution is 2.16. The highest BCUT2D eigenvalue weighted by Gasteiger charge is 2.06. The van der Waals surface area contributed by atoms with Gasteiger partial charge in [0.15, 0.2) is 0 Å². The number of hydrogen-bond donors (Lipinski definition) is 2. The number of hydrogen-bond acceptors (Lipinski definition) is 3. The highest BCUT2D eigenvalue weighted by atomic mass is 32.2. The molecular formula is C18H17N3O2S. The van der Waals surface area contributed by atoms with Crippen molar-refractivity contribution >= 4 is 33.4 Å². The van der Waals surface area contributed by atoms with Gasteiger partial charge in [0.25, 0.3) is 0 Å². The summed E-state index contributed by atoms with van der Waals surface area (Å²) in [6, 6.07) is 16.4. The van der Waals surface area contributed by atoms with Crippen molar-refractivity contribution in [3.8, 4) is 0 Å². The minimum atomic E-state index is -1.08. The molecule has 3 aromatic rings. The molecule has 0 fully saturated rings. The average molecular weight is 339 g/mol. The van der Waals surface area contributed by atoms with Crippen LogP contribution < -0.4 is 10.6 Å². The number of aromatic nitrogens is 1. The number of carbonyl (C=O) groups is 1. The molecule has 6 heteroatoms. The van der Waals surface area contributed by atoms with Crippen molar-refractivity contribution in [2.45, 2.75) is 11.4 Å². The third-order valence-electron chi connectivity index (χ3n) is 3.60. The third kappa shape index (κ3) is 3.78. The van der Waals surface area contributed by atoms with E-state index in [1.54, 1.807) is 36.7 Å². The van der Waals surface area contributed by atoms with Crippen molar-refractivity contribution in [3.63, 3.8) is 0 Å². The molecule has 0 radical (unpaired) electrons. The van der Waals surface area contributed by atoms with E-state index in [2.05, 4.69) is 15.6 Å². The van der Waals surface area contributed by atoms with Crippen molar-refractivity contribution in [3.05, 3.63) is 66.4 Å². The molecule has 24 heavy (non-hydrogen) atoms. The van der Waals surface area contributed by atoms with E-state index in [1.807, 2.05) is 30.3 Å². The Labute approximate surface area is 142 Å². The number of fused-ring (bicyclic) bond motifs is 1. The molecule has 0 aliphatic carbocycles. The summed E-state index contributed by atoms with van der Waals surface area (Å²) in [7, 11) is -1.08. The second kappa shape index (κ2) is 7.23. The summed E-state index contributed by atoms with van der Waals surface area (Å²) in [5, 5.41) is 6.61. The van der Waals surface area contributed by atoms with Gasteiger partial charge in [-0.3, -0.25) is 9.19 Å². The predicted molar refractivity (Wildman–Crippen MR) is 96.4 cm³/mol. The standard InChI is InChI=1S/C18H17N3O2S/c1-24(23)15-6-4-5-14(11-15)21-18(22)20-12-13-9-10-19-17-8-3-2-7-16(13)17/h2-11H,12H2,1H3,(H2,20,21,22). The minimum Gasteiger partial charge on any atom is -0.334 e. The topological polar surface area (TPSA) is 71.1 Å². The maximum atomic E-state index is 12.1. The Balaban J connectivity index is 1.67. The summed E-state index contributed by atoms with van der Waals surface area (Å²) in [4.78, 5) is 17.1. The Bertz CT molecular complexity index is 906. The number of rotatable bonds is 4. The molecule has 2 aromatic carbocycles. The van der Waals surface area contributed by atoms with Gasteiger partial charge in [-0.25, -0.2) is 4.79 Å². The smallest absolute Gasteiger partial charge is 0.319 e. The molecule has 0 saturated heterocycles. The zero-order valence-electron chi connectivity index (χ0n) is 13.2. The molecule has 122 valence electrons. The summed E-state index contributed by atoms with van der Waals surface area (Å²) < 4.78 is 11.5. The SMILES string of the molecule is CS(=O)c1cccc(NC(=O)NCc2ccnc3ccccc23)c1. The fraction of sp³-hybridized carbons (Fsp3) is 0.111. The minimum absolute atomic E-state index is 0.310. The number of nitrogens with one attached hydrogen (secondary N) is 2. The van der Waals surface area contributed by atoms with Crippen LogP contribution in [0.3, 0.4) is 0 Å². The van der Waals surface area contributed by atoms with Crippen LogP contribution in [0.4, 0.5) is 10.5 Å². The fourth-order valence-corrected chi connectivity index (χ4v) is 2.98. The van der Waals surface area contributed by atoms with Gasteiger partial charge in [-0.15, -0.1) is 0 Å². The molecule has 2 N–H and O–H groups in total. The molecule has 0 aliphatic rings. The van der Waals surface area contributed by atoms with Gasteiger partial charge in [0.05, 0.1) is 5.52 Å². The Hall–Kier alpha value is -2.73. The van der Waals surface area contributed by atoms with Crippen LogP contribution in [0.5, 0.6) is 0 Å². The number of carbonyl (C=O) groups excluding carboxylic acids is 1. The second-order valence-corrected chi connectivity index (χ2v) is 6.66. The molecule has 0 saturated carbocycles. The largest absolute Gasteiger partial charge is 0.334 e. The summed E-state index contributed by atoms with van der Waals surface area (Å²) >= 11 is 0. The maximum Gasteiger partial charge on any atom is 0.319 e. The van der Waals surface area contributed by atoms with Crippen molar-refractivity contribution < 1.29 is 9.00 Å². The van der Waals surface area contributed by atoms with Crippen LogP contribution in [0.2, 0.25) is 0 Å². The van der Waals surface area contributed by atoms with E-state index in [0.717, 1.165) is 16.5 Å². The summed E-state index contributed by atoms with van der Waals surface area (Å²) in [6.45, 7) is 0.397. The van der Waals surface area contributed by atoms with Gasteiger partial charge in [-0.05, 0) is 35.9 Å². The van der Waals surface area contributed by atoms with Crippen LogP contribution in [-0.4, -0.2) is 21.5 Å². The van der Waals surface area contributed by atoms with E-state index in [9.17, 15) is 9.00 Å². The van der Waals surface area contributed by atoms with E-state index >= 15 is 0 Å². The molecule has 1 heterocycles. The Kier molecular flexibility index (Phi) is 4.86. The van der Waals surface area contributed by atoms with E-state index in [1.165, 1.54) is 0 Å². The van der Waals surface area contributed by atoms with Gasteiger partial charge in [0.2, 0.25) is 0 Å². The van der Waals surface area contributed by atoms with E-state index in [4.69, 9.17) is 0 Å². The van der Waals surface area contributed by atoms with E-state index in [-0.39, 0.29) is 6.03 Å². The third-order valence-corrected chi connectivity index (χ3v) is 4.52. The Morgan fingerprint density at radius 2 is 1.96 bits per heavy atom. The number of benzene rings is 2. The molecular weight excluding hydrogens is 322 g/mol. The molecule has 1 atom stereocenters. The average Bonchev–Trinajstić information content (AvgIpc) is 2.60. The molecule has 0 bridgehead atoms. The summed E-state index contributed by atoms with van der Waals surface area (Å²) in [5.41, 5.74) is 2.51. The predicted octanol–water partition coefficient (Wildman–Crippen LogP) is 3.29. The number of anilines is 1. The van der Waals surface area contributed by atoms with Crippen LogP contribution in [0.15, 0.2) is 65.7 Å². The molecule has 1 unspecified atom stereocenters. The van der Waals surface area contributed by atoms with Crippen molar-refractivity contribution in [1.82, 2.24) is 10.3 Å². The zero-order chi connectivity index (χ0) is 16.9. The number of amides is 2. The van der Waals surface area contributed by atoms with Crippen LogP contribution >= 0.6 is 0 Å². The lowest BCUT2D eigenvalue weighted by Gasteiger charge is -2.10. The number of para-hydroxylation sites is 1. The molecule has 0 aliphatic heterocycles. The zero-order valence-corrected chi connectivity index (χ0v) is 14.0. The van der Waals surface area contributed by atoms with Gasteiger partial charge < -0.3 is 10.6 Å². The Morgan fingerprint density at radius 1 is 1.12 bits per heavy atom. The number of nitrogens with zero attached hydrogens (tertiary/aromatic N) is 1. The second-order valence-electron chi connectivity index (χ2n) is 5.28. The molecule has 2 amide bonds. The van der Waals surface area contributed by atoms with Gasteiger partial charge >= 0.3 is 6.03 Å². The van der Waals surface area contributed by atoms with Crippen molar-refractivity contribution in [1.29, 1.82) is 0 Å². The molecule has 1 aromatic heterocycles. The number of urea groups is 1. The molecule has 0 spiro atoms. The van der Waals surface area contributed by atoms with E-state index < -0.39 is 10.8 Å². The lowest BCUT2D eigenvalue weighted by Crippen LogP contribution is -2.28. The van der Waals surface area contributed by atoms with Crippen molar-refractivity contribution in [2.75, 3.05) is 11.6 Å². The van der Waals surface area contributed by atoms with Crippen LogP contribution in [0.25, 0.3) is 10.9 Å². The quantitative estimate of drug-likeness (QED) is 0.766. The first-order chi connectivity index (χ1) is 11.6. The lowest BCUT2D eigenvalue weighted by atomic mass is 10.1. The lowest BCUT2D eigenvalue weighted by molar-refractivity contribution is 0.252. The van der Waals surface area contributed by atoms with Crippen LogP contribution in [0.1, 0.15) is 5.56 Å². The maximum absolute atomic E-state index is 12.1. The molecule has 3 rings (SSSR count). The first-order valence-corrected chi connectivity index (χ1v) is 9.00. The normalized spacial score (nSPS) is 11.9. The molecule has 5 nitrogen and oxygen atoms in total. The summed E-state index contributed by atoms with van der Waals surface area (Å²) in [6.07, 6.45) is 3.34. The van der Waals surface area contributed by atoms with Gasteiger partial charge in [0.1, 0.15) is 0 Å². The van der Waals surface area contributed by atoms with E-state index in [0.29, 0.717) is 17.1 Å².